The smallest absolute Gasteiger partial charge is 0.0707 e. The topological polar surface area (TPSA) is 23.5 Å². The molecular weight excluding hydrogens is 282 g/mol. The van der Waals surface area contributed by atoms with Gasteiger partial charge in [0.1, 0.15) is 0 Å². The van der Waals surface area contributed by atoms with E-state index in [1.165, 1.54) is 11.1 Å². The Balaban J connectivity index is 2.07. The summed E-state index contributed by atoms with van der Waals surface area (Å²) in [5, 5.41) is 11.3. The molecule has 3 rings (SSSR count). The molecule has 1 aliphatic rings. The highest BCUT2D eigenvalue weighted by Crippen LogP contribution is 2.51. The van der Waals surface area contributed by atoms with Crippen LogP contribution in [0.3, 0.4) is 0 Å². The highest BCUT2D eigenvalue weighted by atomic mass is 16.3. The minimum absolute atomic E-state index is 0.157. The second-order valence-corrected chi connectivity index (χ2v) is 7.18. The van der Waals surface area contributed by atoms with Crippen molar-refractivity contribution in [3.8, 4) is 0 Å². The largest absolute Gasteiger partial charge is 0.389 e. The maximum Gasteiger partial charge on any atom is 0.0707 e. The van der Waals surface area contributed by atoms with Gasteiger partial charge >= 0.3 is 0 Å². The van der Waals surface area contributed by atoms with Crippen LogP contribution in [0.25, 0.3) is 0 Å². The lowest BCUT2D eigenvalue weighted by atomic mass is 9.66. The summed E-state index contributed by atoms with van der Waals surface area (Å²) in [4.78, 5) is 2.44. The number of likely N-dealkylation sites (tertiary alicyclic amines) is 1. The van der Waals surface area contributed by atoms with Gasteiger partial charge in [-0.25, -0.2) is 0 Å². The molecule has 0 amide bonds. The van der Waals surface area contributed by atoms with E-state index in [1.807, 2.05) is 19.1 Å². The second-order valence-electron chi connectivity index (χ2n) is 7.18. The highest BCUT2D eigenvalue weighted by molar-refractivity contribution is 5.27. The predicted octanol–water partition coefficient (Wildman–Crippen LogP) is 4.44. The van der Waals surface area contributed by atoms with Crippen LogP contribution >= 0.6 is 0 Å². The highest BCUT2D eigenvalue weighted by Gasteiger charge is 2.51. The van der Waals surface area contributed by atoms with E-state index in [2.05, 4.69) is 74.3 Å². The molecule has 0 unspecified atom stereocenters. The van der Waals surface area contributed by atoms with Gasteiger partial charge in [-0.15, -0.1) is 0 Å². The van der Waals surface area contributed by atoms with Crippen LogP contribution in [0, 0.1) is 11.8 Å². The zero-order valence-corrected chi connectivity index (χ0v) is 14.5. The van der Waals surface area contributed by atoms with Gasteiger partial charge in [-0.3, -0.25) is 4.90 Å². The Morgan fingerprint density at radius 3 is 1.48 bits per heavy atom. The molecule has 0 aromatic heterocycles. The number of benzene rings is 2. The van der Waals surface area contributed by atoms with Crippen molar-refractivity contribution >= 4 is 0 Å². The van der Waals surface area contributed by atoms with Crippen LogP contribution in [0.15, 0.2) is 60.7 Å². The molecule has 0 aliphatic carbocycles. The average Bonchev–Trinajstić information content (AvgIpc) is 2.56. The van der Waals surface area contributed by atoms with E-state index in [-0.39, 0.29) is 23.9 Å². The molecular formula is C21H27NO. The van der Waals surface area contributed by atoms with E-state index in [0.717, 1.165) is 0 Å². The summed E-state index contributed by atoms with van der Waals surface area (Å²) in [7, 11) is 2.19. The van der Waals surface area contributed by atoms with Crippen LogP contribution in [-0.4, -0.2) is 22.7 Å². The van der Waals surface area contributed by atoms with E-state index in [0.29, 0.717) is 0 Å². The summed E-state index contributed by atoms with van der Waals surface area (Å²) in [5.41, 5.74) is 1.83. The molecule has 2 heteroatoms. The van der Waals surface area contributed by atoms with Crippen molar-refractivity contribution in [3.63, 3.8) is 0 Å². The van der Waals surface area contributed by atoms with Crippen LogP contribution in [0.5, 0.6) is 0 Å². The zero-order valence-electron chi connectivity index (χ0n) is 14.5. The normalized spacial score (nSPS) is 35.2. The molecule has 1 aliphatic heterocycles. The first-order chi connectivity index (χ1) is 10.9. The minimum atomic E-state index is -0.715. The van der Waals surface area contributed by atoms with Crippen molar-refractivity contribution in [2.45, 2.75) is 38.5 Å². The maximum absolute atomic E-state index is 11.3. The van der Waals surface area contributed by atoms with Gasteiger partial charge in [0.25, 0.3) is 0 Å². The van der Waals surface area contributed by atoms with Gasteiger partial charge in [-0.05, 0) is 25.1 Å². The summed E-state index contributed by atoms with van der Waals surface area (Å²) in [6.07, 6.45) is 0. The number of hydrogen-bond donors (Lipinski definition) is 1. The Labute approximate surface area is 139 Å². The predicted molar refractivity (Wildman–Crippen MR) is 95.1 cm³/mol. The lowest BCUT2D eigenvalue weighted by Crippen LogP contribution is -2.56. The first kappa shape index (κ1) is 16.2. The summed E-state index contributed by atoms with van der Waals surface area (Å²) in [6, 6.07) is 21.5. The van der Waals surface area contributed by atoms with Crippen LogP contribution < -0.4 is 0 Å². The Morgan fingerprint density at radius 2 is 1.13 bits per heavy atom. The standard InChI is InChI=1S/C21H27NO/c1-15-19(17-11-7-5-8-12-17)22(4)20(16(2)21(15,3)23)18-13-9-6-10-14-18/h5-16,19-20,23H,1-4H3/t15-,16-,19-,20-/m1/s1. The Hall–Kier alpha value is -1.64. The molecule has 1 heterocycles. The molecule has 1 fully saturated rings. The van der Waals surface area contributed by atoms with Crippen LogP contribution in [0.1, 0.15) is 44.0 Å². The number of rotatable bonds is 2. The first-order valence-electron chi connectivity index (χ1n) is 8.48. The SMILES string of the molecule is C[C@@H]1[C@H](c2ccccc2)N(C)[C@@H](c2ccccc2)[C@@H](C)C1(C)O. The second kappa shape index (κ2) is 6.10. The molecule has 0 radical (unpaired) electrons. The van der Waals surface area contributed by atoms with Gasteiger partial charge in [0.15, 0.2) is 0 Å². The Bertz CT molecular complexity index is 582. The van der Waals surface area contributed by atoms with E-state index in [9.17, 15) is 5.11 Å². The number of nitrogens with zero attached hydrogens (tertiary/aromatic N) is 1. The zero-order chi connectivity index (χ0) is 16.6. The lowest BCUT2D eigenvalue weighted by molar-refractivity contribution is -0.143. The fourth-order valence-corrected chi connectivity index (χ4v) is 4.28. The van der Waals surface area contributed by atoms with E-state index in [1.54, 1.807) is 0 Å². The van der Waals surface area contributed by atoms with Crippen molar-refractivity contribution < 1.29 is 5.11 Å². The number of hydrogen-bond acceptors (Lipinski definition) is 2. The van der Waals surface area contributed by atoms with Crippen LogP contribution in [-0.2, 0) is 0 Å². The molecule has 4 atom stereocenters. The fourth-order valence-electron chi connectivity index (χ4n) is 4.28. The monoisotopic (exact) mass is 309 g/mol. The Kier molecular flexibility index (Phi) is 4.31. The molecule has 0 saturated carbocycles. The van der Waals surface area contributed by atoms with Crippen LogP contribution in [0.4, 0.5) is 0 Å². The molecule has 0 spiro atoms. The van der Waals surface area contributed by atoms with Crippen molar-refractivity contribution in [3.05, 3.63) is 71.8 Å². The van der Waals surface area contributed by atoms with Gasteiger partial charge in [0, 0.05) is 23.9 Å². The lowest BCUT2D eigenvalue weighted by Gasteiger charge is -2.55. The average molecular weight is 309 g/mol. The number of piperidine rings is 1. The van der Waals surface area contributed by atoms with Gasteiger partial charge in [-0.2, -0.15) is 0 Å². The summed E-state index contributed by atoms with van der Waals surface area (Å²) in [5.74, 6) is 0.315. The summed E-state index contributed by atoms with van der Waals surface area (Å²) < 4.78 is 0. The molecule has 1 saturated heterocycles. The summed E-state index contributed by atoms with van der Waals surface area (Å²) in [6.45, 7) is 6.35. The number of aliphatic hydroxyl groups is 1. The van der Waals surface area contributed by atoms with Crippen molar-refractivity contribution in [2.24, 2.45) is 11.8 Å². The van der Waals surface area contributed by atoms with E-state index in [4.69, 9.17) is 0 Å². The third-order valence-corrected chi connectivity index (χ3v) is 5.95. The summed E-state index contributed by atoms with van der Waals surface area (Å²) >= 11 is 0. The van der Waals surface area contributed by atoms with E-state index < -0.39 is 5.60 Å². The molecule has 2 aromatic rings. The molecule has 2 nitrogen and oxygen atoms in total. The quantitative estimate of drug-likeness (QED) is 0.886. The third kappa shape index (κ3) is 2.71. The Morgan fingerprint density at radius 1 is 0.783 bits per heavy atom. The maximum atomic E-state index is 11.3. The minimum Gasteiger partial charge on any atom is -0.389 e. The third-order valence-electron chi connectivity index (χ3n) is 5.95. The van der Waals surface area contributed by atoms with Gasteiger partial charge in [0.05, 0.1) is 5.60 Å². The molecule has 2 aromatic carbocycles. The van der Waals surface area contributed by atoms with Gasteiger partial charge < -0.3 is 5.11 Å². The first-order valence-corrected chi connectivity index (χ1v) is 8.48. The fraction of sp³-hybridized carbons (Fsp3) is 0.429. The van der Waals surface area contributed by atoms with Crippen molar-refractivity contribution in [1.29, 1.82) is 0 Å². The van der Waals surface area contributed by atoms with Gasteiger partial charge in [-0.1, -0.05) is 74.5 Å². The molecule has 1 N–H and O–H groups in total. The van der Waals surface area contributed by atoms with Crippen molar-refractivity contribution in [1.82, 2.24) is 4.90 Å². The van der Waals surface area contributed by atoms with Crippen LogP contribution in [0.2, 0.25) is 0 Å². The van der Waals surface area contributed by atoms with Gasteiger partial charge in [0.2, 0.25) is 0 Å². The molecule has 122 valence electrons. The van der Waals surface area contributed by atoms with Crippen molar-refractivity contribution in [2.75, 3.05) is 7.05 Å². The molecule has 23 heavy (non-hydrogen) atoms. The van der Waals surface area contributed by atoms with E-state index >= 15 is 0 Å². The molecule has 0 bridgehead atoms.